The van der Waals surface area contributed by atoms with E-state index in [0.29, 0.717) is 37.7 Å². The van der Waals surface area contributed by atoms with E-state index in [1.807, 2.05) is 37.3 Å². The highest BCUT2D eigenvalue weighted by Crippen LogP contribution is 2.21. The summed E-state index contributed by atoms with van der Waals surface area (Å²) < 4.78 is 17.4. The Morgan fingerprint density at radius 2 is 1.65 bits per heavy atom. The van der Waals surface area contributed by atoms with Crippen LogP contribution in [0.5, 0.6) is 11.5 Å². The van der Waals surface area contributed by atoms with Gasteiger partial charge in [-0.25, -0.2) is 0 Å². The first-order chi connectivity index (χ1) is 11.2. The van der Waals surface area contributed by atoms with Crippen molar-refractivity contribution in [1.82, 2.24) is 0 Å². The van der Waals surface area contributed by atoms with Gasteiger partial charge in [0.2, 0.25) is 0 Å². The van der Waals surface area contributed by atoms with Crippen LogP contribution >= 0.6 is 15.9 Å². The van der Waals surface area contributed by atoms with Crippen LogP contribution in [0.2, 0.25) is 0 Å². The van der Waals surface area contributed by atoms with Gasteiger partial charge in [-0.3, -0.25) is 4.79 Å². The molecule has 0 saturated heterocycles. The Morgan fingerprint density at radius 3 is 2.35 bits per heavy atom. The molecule has 2 aromatic carbocycles. The highest BCUT2D eigenvalue weighted by molar-refractivity contribution is 9.10. The van der Waals surface area contributed by atoms with Crippen molar-refractivity contribution in [3.8, 4) is 11.5 Å². The molecule has 0 heterocycles. The topological polar surface area (TPSA) is 44.8 Å². The smallest absolute Gasteiger partial charge is 0.153 e. The fraction of sp³-hybridized carbons (Fsp3) is 0.278. The Labute approximate surface area is 144 Å². The van der Waals surface area contributed by atoms with Crippen LogP contribution in [-0.4, -0.2) is 32.7 Å². The first kappa shape index (κ1) is 17.5. The van der Waals surface area contributed by atoms with Gasteiger partial charge in [0, 0.05) is 4.47 Å². The summed E-state index contributed by atoms with van der Waals surface area (Å²) in [6.07, 6.45) is 0.774. The van der Waals surface area contributed by atoms with Crippen molar-refractivity contribution in [3.63, 3.8) is 0 Å². The summed E-state index contributed by atoms with van der Waals surface area (Å²) in [6.45, 7) is 3.83. The molecule has 0 saturated carbocycles. The summed E-state index contributed by atoms with van der Waals surface area (Å²) in [5.41, 5.74) is 1.72. The second-order valence-electron chi connectivity index (χ2n) is 4.92. The number of ether oxygens (including phenoxy) is 3. The average Bonchev–Trinajstić information content (AvgIpc) is 2.56. The molecular formula is C18H19BrO4. The molecule has 0 fully saturated rings. The second-order valence-corrected chi connectivity index (χ2v) is 5.84. The highest BCUT2D eigenvalue weighted by Gasteiger charge is 2.03. The third-order valence-corrected chi connectivity index (χ3v) is 3.59. The third kappa shape index (κ3) is 6.04. The lowest BCUT2D eigenvalue weighted by Crippen LogP contribution is -2.12. The van der Waals surface area contributed by atoms with Crippen molar-refractivity contribution < 1.29 is 19.0 Å². The van der Waals surface area contributed by atoms with Crippen LogP contribution in [0.25, 0.3) is 0 Å². The van der Waals surface area contributed by atoms with E-state index >= 15 is 0 Å². The van der Waals surface area contributed by atoms with Gasteiger partial charge in [0.1, 0.15) is 24.7 Å². The molecular weight excluding hydrogens is 360 g/mol. The molecule has 0 unspecified atom stereocenters. The Kier molecular flexibility index (Phi) is 7.10. The highest BCUT2D eigenvalue weighted by atomic mass is 79.9. The minimum Gasteiger partial charge on any atom is -0.491 e. The molecule has 0 spiro atoms. The number of aryl methyl sites for hydroxylation is 1. The van der Waals surface area contributed by atoms with Crippen molar-refractivity contribution in [3.05, 3.63) is 58.1 Å². The lowest BCUT2D eigenvalue weighted by Gasteiger charge is -2.10. The van der Waals surface area contributed by atoms with Crippen molar-refractivity contribution in [2.45, 2.75) is 6.92 Å². The predicted octanol–water partition coefficient (Wildman–Crippen LogP) is 4.04. The molecule has 0 radical (unpaired) electrons. The van der Waals surface area contributed by atoms with E-state index in [-0.39, 0.29) is 0 Å². The lowest BCUT2D eigenvalue weighted by atomic mass is 10.2. The van der Waals surface area contributed by atoms with Crippen LogP contribution in [0.15, 0.2) is 46.9 Å². The van der Waals surface area contributed by atoms with Gasteiger partial charge in [-0.05, 0) is 37.3 Å². The molecule has 0 N–H and O–H groups in total. The van der Waals surface area contributed by atoms with Crippen molar-refractivity contribution in [2.75, 3.05) is 26.4 Å². The molecule has 4 nitrogen and oxygen atoms in total. The standard InChI is InChI=1S/C18H19BrO4/c1-14-2-5-17(6-3-14)22-10-8-21-9-11-23-18-7-4-16(19)12-15(18)13-20/h2-7,12-13H,8-11H2,1H3. The lowest BCUT2D eigenvalue weighted by molar-refractivity contribution is 0.0761. The van der Waals surface area contributed by atoms with E-state index in [2.05, 4.69) is 15.9 Å². The third-order valence-electron chi connectivity index (χ3n) is 3.10. The average molecular weight is 379 g/mol. The minimum atomic E-state index is 0.382. The van der Waals surface area contributed by atoms with Crippen LogP contribution in [0, 0.1) is 6.92 Å². The summed E-state index contributed by atoms with van der Waals surface area (Å²) in [5, 5.41) is 0. The van der Waals surface area contributed by atoms with E-state index in [9.17, 15) is 4.79 Å². The van der Waals surface area contributed by atoms with Gasteiger partial charge in [-0.2, -0.15) is 0 Å². The van der Waals surface area contributed by atoms with Gasteiger partial charge in [-0.15, -0.1) is 0 Å². The summed E-state index contributed by atoms with van der Waals surface area (Å²) in [7, 11) is 0. The van der Waals surface area contributed by atoms with Gasteiger partial charge in [0.05, 0.1) is 18.8 Å². The van der Waals surface area contributed by atoms with E-state index in [1.54, 1.807) is 12.1 Å². The van der Waals surface area contributed by atoms with Gasteiger partial charge >= 0.3 is 0 Å². The molecule has 0 aliphatic heterocycles. The van der Waals surface area contributed by atoms with Crippen molar-refractivity contribution in [2.24, 2.45) is 0 Å². The Hall–Kier alpha value is -1.85. The zero-order valence-corrected chi connectivity index (χ0v) is 14.5. The van der Waals surface area contributed by atoms with Crippen LogP contribution < -0.4 is 9.47 Å². The number of aldehydes is 1. The van der Waals surface area contributed by atoms with Gasteiger partial charge in [0.25, 0.3) is 0 Å². The number of hydrogen-bond donors (Lipinski definition) is 0. The van der Waals surface area contributed by atoms with Crippen molar-refractivity contribution >= 4 is 22.2 Å². The summed E-state index contributed by atoms with van der Waals surface area (Å²) in [6, 6.07) is 13.2. The zero-order valence-electron chi connectivity index (χ0n) is 13.0. The van der Waals surface area contributed by atoms with E-state index < -0.39 is 0 Å². The molecule has 2 aromatic rings. The minimum absolute atomic E-state index is 0.382. The normalized spacial score (nSPS) is 10.3. The molecule has 0 aliphatic carbocycles. The fourth-order valence-corrected chi connectivity index (χ4v) is 2.29. The zero-order chi connectivity index (χ0) is 16.5. The number of rotatable bonds is 9. The maximum absolute atomic E-state index is 11.0. The first-order valence-electron chi connectivity index (χ1n) is 7.34. The Morgan fingerprint density at radius 1 is 0.957 bits per heavy atom. The van der Waals surface area contributed by atoms with Gasteiger partial charge < -0.3 is 14.2 Å². The quantitative estimate of drug-likeness (QED) is 0.487. The Bertz CT molecular complexity index is 625. The molecule has 0 aliphatic rings. The molecule has 2 rings (SSSR count). The van der Waals surface area contributed by atoms with Gasteiger partial charge in [-0.1, -0.05) is 33.6 Å². The maximum atomic E-state index is 11.0. The molecule has 0 atom stereocenters. The summed E-state index contributed by atoms with van der Waals surface area (Å²) in [4.78, 5) is 11.0. The maximum Gasteiger partial charge on any atom is 0.153 e. The molecule has 0 aromatic heterocycles. The fourth-order valence-electron chi connectivity index (χ4n) is 1.91. The largest absolute Gasteiger partial charge is 0.491 e. The van der Waals surface area contributed by atoms with Crippen molar-refractivity contribution in [1.29, 1.82) is 0 Å². The number of halogens is 1. The van der Waals surface area contributed by atoms with Crippen LogP contribution in [0.3, 0.4) is 0 Å². The first-order valence-corrected chi connectivity index (χ1v) is 8.13. The second kappa shape index (κ2) is 9.33. The van der Waals surface area contributed by atoms with E-state index in [1.165, 1.54) is 5.56 Å². The summed E-state index contributed by atoms with van der Waals surface area (Å²) in [5.74, 6) is 1.39. The van der Waals surface area contributed by atoms with Gasteiger partial charge in [0.15, 0.2) is 6.29 Å². The summed E-state index contributed by atoms with van der Waals surface area (Å²) >= 11 is 3.32. The number of hydrogen-bond acceptors (Lipinski definition) is 4. The monoisotopic (exact) mass is 378 g/mol. The number of carbonyl (C=O) groups excluding carboxylic acids is 1. The molecule has 122 valence electrons. The number of carbonyl (C=O) groups is 1. The van der Waals surface area contributed by atoms with E-state index in [4.69, 9.17) is 14.2 Å². The number of benzene rings is 2. The Balaban J connectivity index is 1.61. The van der Waals surface area contributed by atoms with Crippen LogP contribution in [0.4, 0.5) is 0 Å². The molecule has 5 heteroatoms. The van der Waals surface area contributed by atoms with Crippen LogP contribution in [0.1, 0.15) is 15.9 Å². The van der Waals surface area contributed by atoms with Crippen LogP contribution in [-0.2, 0) is 4.74 Å². The molecule has 0 amide bonds. The molecule has 23 heavy (non-hydrogen) atoms. The van der Waals surface area contributed by atoms with E-state index in [0.717, 1.165) is 16.5 Å². The SMILES string of the molecule is Cc1ccc(OCCOCCOc2ccc(Br)cc2C=O)cc1. The molecule has 0 bridgehead atoms. The predicted molar refractivity (Wildman–Crippen MR) is 92.5 cm³/mol.